The molecule has 0 bridgehead atoms. The van der Waals surface area contributed by atoms with Crippen LogP contribution in [-0.4, -0.2) is 16.1 Å². The fourth-order valence-corrected chi connectivity index (χ4v) is 1.94. The summed E-state index contributed by atoms with van der Waals surface area (Å²) in [6, 6.07) is 5.40. The van der Waals surface area contributed by atoms with Gasteiger partial charge < -0.3 is 9.88 Å². The maximum absolute atomic E-state index is 13.3. The molecule has 0 saturated carbocycles. The first-order valence-corrected chi connectivity index (χ1v) is 6.67. The Bertz CT molecular complexity index is 494. The van der Waals surface area contributed by atoms with Crippen LogP contribution in [0.4, 0.5) is 4.39 Å². The number of hydrogen-bond donors (Lipinski definition) is 1. The van der Waals surface area contributed by atoms with Gasteiger partial charge in [0.1, 0.15) is 5.82 Å². The summed E-state index contributed by atoms with van der Waals surface area (Å²) in [4.78, 5) is 4.00. The van der Waals surface area contributed by atoms with Gasteiger partial charge in [0, 0.05) is 25.5 Å². The predicted molar refractivity (Wildman–Crippen MR) is 74.3 cm³/mol. The molecule has 0 aliphatic rings. The third-order valence-corrected chi connectivity index (χ3v) is 3.14. The van der Waals surface area contributed by atoms with E-state index >= 15 is 0 Å². The van der Waals surface area contributed by atoms with E-state index in [4.69, 9.17) is 0 Å². The van der Waals surface area contributed by atoms with E-state index in [1.807, 2.05) is 24.7 Å². The van der Waals surface area contributed by atoms with Crippen LogP contribution in [-0.2, 0) is 13.1 Å². The maximum Gasteiger partial charge on any atom is 0.126 e. The molecule has 0 unspecified atom stereocenters. The molecule has 19 heavy (non-hydrogen) atoms. The number of benzene rings is 1. The number of rotatable bonds is 7. The van der Waals surface area contributed by atoms with Crippen LogP contribution in [0, 0.1) is 12.7 Å². The number of aromatic nitrogens is 2. The van der Waals surface area contributed by atoms with Gasteiger partial charge in [-0.05, 0) is 43.5 Å². The smallest absolute Gasteiger partial charge is 0.126 e. The van der Waals surface area contributed by atoms with E-state index in [2.05, 4.69) is 14.9 Å². The molecule has 3 nitrogen and oxygen atoms in total. The first kappa shape index (κ1) is 13.7. The molecule has 0 amide bonds. The van der Waals surface area contributed by atoms with Gasteiger partial charge in [-0.15, -0.1) is 0 Å². The fourth-order valence-electron chi connectivity index (χ4n) is 1.94. The normalized spacial score (nSPS) is 10.8. The van der Waals surface area contributed by atoms with Gasteiger partial charge in [-0.1, -0.05) is 12.1 Å². The number of halogens is 1. The van der Waals surface area contributed by atoms with Crippen molar-refractivity contribution in [2.24, 2.45) is 0 Å². The SMILES string of the molecule is Cc1ccc(CNCCCCn2ccnc2)cc1F. The summed E-state index contributed by atoms with van der Waals surface area (Å²) >= 11 is 0. The monoisotopic (exact) mass is 261 g/mol. The van der Waals surface area contributed by atoms with E-state index in [-0.39, 0.29) is 5.82 Å². The highest BCUT2D eigenvalue weighted by atomic mass is 19.1. The molecule has 0 atom stereocenters. The zero-order valence-electron chi connectivity index (χ0n) is 11.3. The van der Waals surface area contributed by atoms with Gasteiger partial charge in [0.25, 0.3) is 0 Å². The zero-order valence-corrected chi connectivity index (χ0v) is 11.3. The average molecular weight is 261 g/mol. The van der Waals surface area contributed by atoms with Gasteiger partial charge in [-0.3, -0.25) is 0 Å². The Morgan fingerprint density at radius 2 is 2.21 bits per heavy atom. The molecule has 0 spiro atoms. The molecule has 4 heteroatoms. The Balaban J connectivity index is 1.60. The molecular formula is C15H20FN3. The van der Waals surface area contributed by atoms with Crippen molar-refractivity contribution >= 4 is 0 Å². The van der Waals surface area contributed by atoms with Gasteiger partial charge in [-0.2, -0.15) is 0 Å². The topological polar surface area (TPSA) is 29.9 Å². The summed E-state index contributed by atoms with van der Waals surface area (Å²) < 4.78 is 15.4. The minimum atomic E-state index is -0.126. The molecule has 102 valence electrons. The molecule has 1 N–H and O–H groups in total. The molecule has 0 aliphatic heterocycles. The molecule has 1 aromatic carbocycles. The van der Waals surface area contributed by atoms with Crippen molar-refractivity contribution in [3.05, 3.63) is 53.9 Å². The van der Waals surface area contributed by atoms with E-state index < -0.39 is 0 Å². The van der Waals surface area contributed by atoms with Crippen LogP contribution in [0.15, 0.2) is 36.9 Å². The van der Waals surface area contributed by atoms with Crippen LogP contribution in [0.3, 0.4) is 0 Å². The van der Waals surface area contributed by atoms with Gasteiger partial charge in [0.15, 0.2) is 0 Å². The summed E-state index contributed by atoms with van der Waals surface area (Å²) in [5, 5.41) is 3.34. The highest BCUT2D eigenvalue weighted by Gasteiger charge is 1.99. The lowest BCUT2D eigenvalue weighted by Gasteiger charge is -2.06. The second-order valence-corrected chi connectivity index (χ2v) is 4.77. The number of aryl methyl sites for hydroxylation is 2. The Morgan fingerprint density at radius 1 is 1.32 bits per heavy atom. The third kappa shape index (κ3) is 4.48. The van der Waals surface area contributed by atoms with Crippen molar-refractivity contribution in [2.75, 3.05) is 6.54 Å². The van der Waals surface area contributed by atoms with Gasteiger partial charge >= 0.3 is 0 Å². The molecular weight excluding hydrogens is 241 g/mol. The van der Waals surface area contributed by atoms with Crippen LogP contribution in [0.1, 0.15) is 24.0 Å². The van der Waals surface area contributed by atoms with Crippen molar-refractivity contribution in [3.8, 4) is 0 Å². The molecule has 1 heterocycles. The Labute approximate surface area is 113 Å². The number of hydrogen-bond acceptors (Lipinski definition) is 2. The first-order valence-electron chi connectivity index (χ1n) is 6.67. The lowest BCUT2D eigenvalue weighted by molar-refractivity contribution is 0.565. The van der Waals surface area contributed by atoms with E-state index in [0.717, 1.165) is 38.0 Å². The number of imidazole rings is 1. The van der Waals surface area contributed by atoms with E-state index in [1.54, 1.807) is 19.2 Å². The maximum atomic E-state index is 13.3. The first-order chi connectivity index (χ1) is 9.25. The van der Waals surface area contributed by atoms with Gasteiger partial charge in [-0.25, -0.2) is 9.37 Å². The van der Waals surface area contributed by atoms with Crippen molar-refractivity contribution in [3.63, 3.8) is 0 Å². The Hall–Kier alpha value is -1.68. The second kappa shape index (κ2) is 7.04. The highest BCUT2D eigenvalue weighted by molar-refractivity contribution is 5.23. The molecule has 2 rings (SSSR count). The lowest BCUT2D eigenvalue weighted by atomic mass is 10.1. The zero-order chi connectivity index (χ0) is 13.5. The number of nitrogens with one attached hydrogen (secondary N) is 1. The standard InChI is InChI=1S/C15H20FN3/c1-13-4-5-14(10-15(13)16)11-17-6-2-3-8-19-9-7-18-12-19/h4-5,7,9-10,12,17H,2-3,6,8,11H2,1H3. The molecule has 1 aromatic heterocycles. The van der Waals surface area contributed by atoms with E-state index in [1.165, 1.54) is 0 Å². The van der Waals surface area contributed by atoms with E-state index in [9.17, 15) is 4.39 Å². The van der Waals surface area contributed by atoms with Crippen LogP contribution in [0.2, 0.25) is 0 Å². The van der Waals surface area contributed by atoms with Crippen molar-refractivity contribution in [2.45, 2.75) is 32.9 Å². The van der Waals surface area contributed by atoms with Crippen LogP contribution in [0.25, 0.3) is 0 Å². The van der Waals surface area contributed by atoms with Gasteiger partial charge in [0.2, 0.25) is 0 Å². The molecule has 0 fully saturated rings. The predicted octanol–water partition coefficient (Wildman–Crippen LogP) is 2.90. The largest absolute Gasteiger partial charge is 0.337 e. The van der Waals surface area contributed by atoms with Crippen molar-refractivity contribution in [1.82, 2.24) is 14.9 Å². The molecule has 0 saturated heterocycles. The highest BCUT2D eigenvalue weighted by Crippen LogP contribution is 2.08. The fraction of sp³-hybridized carbons (Fsp3) is 0.400. The average Bonchev–Trinajstić information content (AvgIpc) is 2.91. The van der Waals surface area contributed by atoms with Crippen LogP contribution >= 0.6 is 0 Å². The summed E-state index contributed by atoms with van der Waals surface area (Å²) in [6.07, 6.45) is 7.83. The van der Waals surface area contributed by atoms with E-state index in [0.29, 0.717) is 5.56 Å². The minimum absolute atomic E-state index is 0.126. The molecule has 0 aliphatic carbocycles. The Kier molecular flexibility index (Phi) is 5.10. The quantitative estimate of drug-likeness (QED) is 0.777. The number of unbranched alkanes of at least 4 members (excludes halogenated alkanes) is 1. The Morgan fingerprint density at radius 3 is 2.95 bits per heavy atom. The summed E-state index contributed by atoms with van der Waals surface area (Å²) in [7, 11) is 0. The summed E-state index contributed by atoms with van der Waals surface area (Å²) in [5.41, 5.74) is 1.70. The minimum Gasteiger partial charge on any atom is -0.337 e. The van der Waals surface area contributed by atoms with Crippen molar-refractivity contribution in [1.29, 1.82) is 0 Å². The van der Waals surface area contributed by atoms with Crippen molar-refractivity contribution < 1.29 is 4.39 Å². The number of nitrogens with zero attached hydrogens (tertiary/aromatic N) is 2. The summed E-state index contributed by atoms with van der Waals surface area (Å²) in [5.74, 6) is -0.126. The molecule has 0 radical (unpaired) electrons. The summed E-state index contributed by atoms with van der Waals surface area (Å²) in [6.45, 7) is 4.45. The second-order valence-electron chi connectivity index (χ2n) is 4.77. The third-order valence-electron chi connectivity index (χ3n) is 3.14. The molecule has 2 aromatic rings. The van der Waals surface area contributed by atoms with Crippen LogP contribution < -0.4 is 5.32 Å². The van der Waals surface area contributed by atoms with Crippen LogP contribution in [0.5, 0.6) is 0 Å². The lowest BCUT2D eigenvalue weighted by Crippen LogP contribution is -2.15. The van der Waals surface area contributed by atoms with Gasteiger partial charge in [0.05, 0.1) is 6.33 Å².